The van der Waals surface area contributed by atoms with E-state index in [1.165, 1.54) is 0 Å². The molecule has 1 heterocycles. The number of para-hydroxylation sites is 2. The normalized spacial score (nSPS) is 10.8. The van der Waals surface area contributed by atoms with Crippen LogP contribution in [0.2, 0.25) is 5.02 Å². The van der Waals surface area contributed by atoms with Crippen LogP contribution < -0.4 is 4.74 Å². The number of esters is 1. The van der Waals surface area contributed by atoms with Crippen LogP contribution >= 0.6 is 11.6 Å². The van der Waals surface area contributed by atoms with Crippen LogP contribution in [0.1, 0.15) is 10.4 Å². The fraction of sp³-hybridized carbons (Fsp3) is 0.0667. The van der Waals surface area contributed by atoms with Crippen molar-refractivity contribution in [2.45, 2.75) is 0 Å². The minimum atomic E-state index is -0.423. The van der Waals surface area contributed by atoms with Crippen LogP contribution in [-0.4, -0.2) is 24.2 Å². The molecule has 0 atom stereocenters. The molecule has 172 valence electrons. The average molecular weight is 480 g/mol. The molecule has 0 saturated carbocycles. The highest BCUT2D eigenvalue weighted by atomic mass is 35.5. The van der Waals surface area contributed by atoms with Gasteiger partial charge in [0.15, 0.2) is 0 Å². The van der Waals surface area contributed by atoms with Gasteiger partial charge >= 0.3 is 5.97 Å². The van der Waals surface area contributed by atoms with Crippen molar-refractivity contribution in [3.63, 3.8) is 0 Å². The zero-order valence-corrected chi connectivity index (χ0v) is 19.6. The maximum absolute atomic E-state index is 13.0. The van der Waals surface area contributed by atoms with Gasteiger partial charge in [-0.1, -0.05) is 96.5 Å². The molecule has 0 aliphatic carbocycles. The molecule has 0 bridgehead atoms. The number of hydrogen-bond acceptors (Lipinski definition) is 4. The summed E-state index contributed by atoms with van der Waals surface area (Å²) >= 11 is 6.11. The van der Waals surface area contributed by atoms with Crippen LogP contribution in [0.4, 0.5) is 0 Å². The van der Waals surface area contributed by atoms with Crippen LogP contribution in [0.25, 0.3) is 33.3 Å². The zero-order chi connectivity index (χ0) is 24.0. The third kappa shape index (κ3) is 5.18. The average Bonchev–Trinajstić information content (AvgIpc) is 2.92. The molecular formula is C30H22ClNO3. The second-order valence-corrected chi connectivity index (χ2v) is 8.34. The first kappa shape index (κ1) is 22.6. The Kier molecular flexibility index (Phi) is 6.73. The number of benzene rings is 4. The van der Waals surface area contributed by atoms with Gasteiger partial charge in [0.25, 0.3) is 0 Å². The number of rotatable bonds is 7. The fourth-order valence-electron chi connectivity index (χ4n) is 3.88. The molecule has 4 nitrogen and oxygen atoms in total. The lowest BCUT2D eigenvalue weighted by atomic mass is 10.0. The Morgan fingerprint density at radius 1 is 0.714 bits per heavy atom. The van der Waals surface area contributed by atoms with Gasteiger partial charge in [-0.2, -0.15) is 0 Å². The number of halogens is 1. The third-order valence-electron chi connectivity index (χ3n) is 5.63. The first-order valence-electron chi connectivity index (χ1n) is 11.3. The highest BCUT2D eigenvalue weighted by Gasteiger charge is 2.15. The predicted octanol–water partition coefficient (Wildman–Crippen LogP) is 7.46. The highest BCUT2D eigenvalue weighted by Crippen LogP contribution is 2.28. The van der Waals surface area contributed by atoms with Gasteiger partial charge in [0.1, 0.15) is 19.0 Å². The van der Waals surface area contributed by atoms with E-state index in [1.54, 1.807) is 18.2 Å². The molecule has 0 amide bonds. The number of pyridine rings is 1. The van der Waals surface area contributed by atoms with Crippen LogP contribution in [0.3, 0.4) is 0 Å². The van der Waals surface area contributed by atoms with Gasteiger partial charge in [0.2, 0.25) is 0 Å². The van der Waals surface area contributed by atoms with Crippen LogP contribution in [0, 0.1) is 0 Å². The molecule has 0 unspecified atom stereocenters. The van der Waals surface area contributed by atoms with Gasteiger partial charge < -0.3 is 9.47 Å². The van der Waals surface area contributed by atoms with Crippen LogP contribution in [-0.2, 0) is 4.74 Å². The lowest BCUT2D eigenvalue weighted by Gasteiger charge is -2.11. The molecule has 0 N–H and O–H groups in total. The summed E-state index contributed by atoms with van der Waals surface area (Å²) in [6.45, 7) is 0.300. The molecule has 5 aromatic rings. The molecule has 0 spiro atoms. The number of fused-ring (bicyclic) bond motifs is 1. The lowest BCUT2D eigenvalue weighted by molar-refractivity contribution is 0.0453. The monoisotopic (exact) mass is 479 g/mol. The Hall–Kier alpha value is -4.15. The second kappa shape index (κ2) is 10.4. The summed E-state index contributed by atoms with van der Waals surface area (Å²) in [5, 5.41) is 1.26. The first-order valence-corrected chi connectivity index (χ1v) is 11.7. The largest absolute Gasteiger partial charge is 0.488 e. The van der Waals surface area contributed by atoms with Crippen molar-refractivity contribution in [1.29, 1.82) is 0 Å². The van der Waals surface area contributed by atoms with E-state index in [1.807, 2.05) is 66.7 Å². The smallest absolute Gasteiger partial charge is 0.339 e. The summed E-state index contributed by atoms with van der Waals surface area (Å²) in [6.07, 6.45) is 0. The van der Waals surface area contributed by atoms with Gasteiger partial charge in [0.05, 0.1) is 21.8 Å². The van der Waals surface area contributed by atoms with Crippen molar-refractivity contribution in [2.24, 2.45) is 0 Å². The first-order chi connectivity index (χ1) is 17.2. The van der Waals surface area contributed by atoms with Crippen molar-refractivity contribution >= 4 is 28.5 Å². The van der Waals surface area contributed by atoms with Gasteiger partial charge in [-0.25, -0.2) is 9.78 Å². The molecule has 0 aliphatic rings. The topological polar surface area (TPSA) is 48.4 Å². The molecule has 1 aromatic heterocycles. The second-order valence-electron chi connectivity index (χ2n) is 7.93. The highest BCUT2D eigenvalue weighted by molar-refractivity contribution is 6.32. The summed E-state index contributed by atoms with van der Waals surface area (Å²) in [6, 6.07) is 34.9. The molecule has 35 heavy (non-hydrogen) atoms. The quantitative estimate of drug-likeness (QED) is 0.179. The van der Waals surface area contributed by atoms with E-state index in [0.717, 1.165) is 27.6 Å². The Labute approximate surface area is 208 Å². The lowest BCUT2D eigenvalue weighted by Crippen LogP contribution is -2.13. The van der Waals surface area contributed by atoms with Crippen molar-refractivity contribution in [2.75, 3.05) is 13.2 Å². The summed E-state index contributed by atoms with van der Waals surface area (Å²) in [5.74, 6) is 0.134. The summed E-state index contributed by atoms with van der Waals surface area (Å²) in [4.78, 5) is 17.8. The molecule has 4 aromatic carbocycles. The maximum atomic E-state index is 13.0. The number of hydrogen-bond donors (Lipinski definition) is 0. The number of aromatic nitrogens is 1. The van der Waals surface area contributed by atoms with E-state index >= 15 is 0 Å². The SMILES string of the molecule is O=C(OCCOc1ccccc1Cl)c1cc(-c2ccc(-c3ccccc3)cc2)nc2ccccc12. The number of carbonyl (C=O) groups is 1. The van der Waals surface area contributed by atoms with Gasteiger partial charge in [-0.3, -0.25) is 0 Å². The van der Waals surface area contributed by atoms with E-state index in [0.29, 0.717) is 22.0 Å². The molecule has 0 radical (unpaired) electrons. The molecule has 5 heteroatoms. The Morgan fingerprint density at radius 3 is 2.17 bits per heavy atom. The summed E-state index contributed by atoms with van der Waals surface area (Å²) in [5.41, 5.74) is 5.10. The Morgan fingerprint density at radius 2 is 1.37 bits per heavy atom. The molecule has 0 fully saturated rings. The molecule has 0 saturated heterocycles. The van der Waals surface area contributed by atoms with Crippen molar-refractivity contribution < 1.29 is 14.3 Å². The molecular weight excluding hydrogens is 458 g/mol. The van der Waals surface area contributed by atoms with Crippen molar-refractivity contribution in [3.8, 4) is 28.1 Å². The third-order valence-corrected chi connectivity index (χ3v) is 5.95. The number of ether oxygens (including phenoxy) is 2. The standard InChI is InChI=1S/C30H22ClNO3/c31-26-11-5-7-13-29(26)34-18-19-35-30(33)25-20-28(32-27-12-6-4-10-24(25)27)23-16-14-22(15-17-23)21-8-2-1-3-9-21/h1-17,20H,18-19H2. The summed E-state index contributed by atoms with van der Waals surface area (Å²) < 4.78 is 11.2. The van der Waals surface area contributed by atoms with E-state index in [-0.39, 0.29) is 13.2 Å². The Balaban J connectivity index is 1.36. The predicted molar refractivity (Wildman–Crippen MR) is 140 cm³/mol. The van der Waals surface area contributed by atoms with Gasteiger partial charge in [-0.05, 0) is 35.4 Å². The molecule has 5 rings (SSSR count). The van der Waals surface area contributed by atoms with Crippen molar-refractivity contribution in [3.05, 3.63) is 120 Å². The van der Waals surface area contributed by atoms with Crippen LogP contribution in [0.15, 0.2) is 109 Å². The Bertz CT molecular complexity index is 1470. The number of nitrogens with zero attached hydrogens (tertiary/aromatic N) is 1. The summed E-state index contributed by atoms with van der Waals surface area (Å²) in [7, 11) is 0. The van der Waals surface area contributed by atoms with E-state index in [4.69, 9.17) is 26.1 Å². The maximum Gasteiger partial charge on any atom is 0.339 e. The van der Waals surface area contributed by atoms with Gasteiger partial charge in [-0.15, -0.1) is 0 Å². The zero-order valence-electron chi connectivity index (χ0n) is 18.9. The minimum Gasteiger partial charge on any atom is -0.488 e. The van der Waals surface area contributed by atoms with E-state index in [2.05, 4.69) is 24.3 Å². The van der Waals surface area contributed by atoms with Crippen molar-refractivity contribution in [1.82, 2.24) is 4.98 Å². The van der Waals surface area contributed by atoms with Gasteiger partial charge in [0, 0.05) is 10.9 Å². The van der Waals surface area contributed by atoms with E-state index < -0.39 is 5.97 Å². The minimum absolute atomic E-state index is 0.0990. The fourth-order valence-corrected chi connectivity index (χ4v) is 4.07. The van der Waals surface area contributed by atoms with Crippen LogP contribution in [0.5, 0.6) is 5.75 Å². The molecule has 0 aliphatic heterocycles. The number of carbonyl (C=O) groups excluding carboxylic acids is 1. The van der Waals surface area contributed by atoms with E-state index in [9.17, 15) is 4.79 Å².